The first-order valence-corrected chi connectivity index (χ1v) is 11.5. The molecule has 3 heterocycles. The first-order valence-electron chi connectivity index (χ1n) is 11.5. The Morgan fingerprint density at radius 1 is 0.973 bits per heavy atom. The van der Waals surface area contributed by atoms with Gasteiger partial charge in [0.1, 0.15) is 5.82 Å². The second-order valence-electron chi connectivity index (χ2n) is 8.63. The van der Waals surface area contributed by atoms with E-state index >= 15 is 0 Å². The fourth-order valence-electron chi connectivity index (χ4n) is 4.16. The molecule has 0 aliphatic rings. The van der Waals surface area contributed by atoms with Gasteiger partial charge >= 0.3 is 5.69 Å². The van der Waals surface area contributed by atoms with Gasteiger partial charge in [0.2, 0.25) is 5.82 Å². The summed E-state index contributed by atoms with van der Waals surface area (Å²) in [6.45, 7) is 3.75. The molecule has 5 rings (SSSR count). The van der Waals surface area contributed by atoms with Crippen molar-refractivity contribution >= 4 is 23.2 Å². The molecular formula is C26H24N8O3. The van der Waals surface area contributed by atoms with Crippen molar-refractivity contribution in [3.8, 4) is 0 Å². The summed E-state index contributed by atoms with van der Waals surface area (Å²) < 4.78 is 2.69. The van der Waals surface area contributed by atoms with Crippen molar-refractivity contribution in [2.75, 3.05) is 10.6 Å². The van der Waals surface area contributed by atoms with Crippen LogP contribution in [0.5, 0.6) is 0 Å². The van der Waals surface area contributed by atoms with E-state index in [1.54, 1.807) is 0 Å². The largest absolute Gasteiger partial charge is 0.383 e. The topological polar surface area (TPSA) is 144 Å². The predicted octanol–water partition coefficient (Wildman–Crippen LogP) is 2.07. The van der Waals surface area contributed by atoms with Crippen LogP contribution in [0.1, 0.15) is 33.1 Å². The number of aryl methyl sites for hydroxylation is 2. The number of amides is 1. The van der Waals surface area contributed by atoms with Gasteiger partial charge in [0.15, 0.2) is 5.69 Å². The minimum absolute atomic E-state index is 0.00250. The molecule has 1 amide bonds. The Kier molecular flexibility index (Phi) is 6.10. The maximum atomic E-state index is 13.8. The van der Waals surface area contributed by atoms with Crippen molar-refractivity contribution < 1.29 is 4.79 Å². The Morgan fingerprint density at radius 3 is 2.30 bits per heavy atom. The molecule has 0 spiro atoms. The highest BCUT2D eigenvalue weighted by Gasteiger charge is 2.29. The number of aromatic nitrogens is 6. The number of benzene rings is 2. The van der Waals surface area contributed by atoms with Gasteiger partial charge in [-0.05, 0) is 31.0 Å². The Labute approximate surface area is 210 Å². The number of H-pyrrole nitrogens is 1. The third kappa shape index (κ3) is 4.61. The molecule has 186 valence electrons. The molecule has 37 heavy (non-hydrogen) atoms. The van der Waals surface area contributed by atoms with E-state index in [-0.39, 0.29) is 36.2 Å². The number of hydrogen-bond acceptors (Lipinski definition) is 7. The summed E-state index contributed by atoms with van der Waals surface area (Å²) in [6.07, 6.45) is 0. The maximum absolute atomic E-state index is 13.8. The van der Waals surface area contributed by atoms with Gasteiger partial charge in [0, 0.05) is 11.4 Å². The highest BCUT2D eigenvalue weighted by Crippen LogP contribution is 2.22. The number of aromatic amines is 1. The molecule has 0 bridgehead atoms. The Balaban J connectivity index is 1.65. The van der Waals surface area contributed by atoms with E-state index in [0.29, 0.717) is 0 Å². The molecule has 5 aromatic rings. The van der Waals surface area contributed by atoms with Gasteiger partial charge in [-0.15, -0.1) is 5.10 Å². The molecule has 3 aromatic heterocycles. The van der Waals surface area contributed by atoms with Crippen LogP contribution < -0.4 is 21.9 Å². The summed E-state index contributed by atoms with van der Waals surface area (Å²) in [6, 6.07) is 20.1. The van der Waals surface area contributed by atoms with Crippen molar-refractivity contribution in [2.24, 2.45) is 0 Å². The van der Waals surface area contributed by atoms with Gasteiger partial charge in [0.25, 0.3) is 17.2 Å². The lowest BCUT2D eigenvalue weighted by molar-refractivity contribution is 0.0975. The first kappa shape index (κ1) is 23.7. The van der Waals surface area contributed by atoms with Gasteiger partial charge in [-0.2, -0.15) is 4.98 Å². The lowest BCUT2D eigenvalue weighted by Gasteiger charge is -2.23. The van der Waals surface area contributed by atoms with E-state index in [1.165, 1.54) is 14.0 Å². The smallest absolute Gasteiger partial charge is 0.330 e. The number of fused-ring (bicyclic) bond motifs is 1. The lowest BCUT2D eigenvalue weighted by atomic mass is 10.2. The Morgan fingerprint density at radius 2 is 1.62 bits per heavy atom. The predicted molar refractivity (Wildman–Crippen MR) is 138 cm³/mol. The monoisotopic (exact) mass is 496 g/mol. The van der Waals surface area contributed by atoms with Crippen molar-refractivity contribution in [1.82, 2.24) is 29.1 Å². The van der Waals surface area contributed by atoms with Crippen LogP contribution in [-0.4, -0.2) is 35.0 Å². The fourth-order valence-corrected chi connectivity index (χ4v) is 4.16. The third-order valence-electron chi connectivity index (χ3n) is 5.91. The fraction of sp³-hybridized carbons (Fsp3) is 0.154. The molecular weight excluding hydrogens is 472 g/mol. The van der Waals surface area contributed by atoms with E-state index in [9.17, 15) is 14.4 Å². The number of nitrogens with one attached hydrogen (secondary N) is 1. The SMILES string of the molecule is Cc1cc(C)n2nc(C(=O)N(Cc3ccccc3)c3c(N)n(Cc4ccccc4)c(=O)[nH]c3=O)nc2n1. The summed E-state index contributed by atoms with van der Waals surface area (Å²) in [5.41, 5.74) is 7.80. The Bertz CT molecular complexity index is 1720. The Hall–Kier alpha value is -5.06. The first-order chi connectivity index (χ1) is 17.8. The second kappa shape index (κ2) is 9.53. The number of anilines is 2. The van der Waals surface area contributed by atoms with Crippen molar-refractivity contribution in [1.29, 1.82) is 0 Å². The minimum Gasteiger partial charge on any atom is -0.383 e. The standard InChI is InChI=1S/C26H24N8O3/c1-16-13-17(2)34-25(28-16)29-22(31-34)24(36)32(14-18-9-5-3-6-10-18)20-21(27)33(26(37)30-23(20)35)15-19-11-7-4-8-12-19/h3-13H,14-15,27H2,1-2H3,(H,30,35,37). The van der Waals surface area contributed by atoms with Crippen LogP contribution in [0.15, 0.2) is 76.3 Å². The highest BCUT2D eigenvalue weighted by molar-refractivity contribution is 6.05. The van der Waals surface area contributed by atoms with Gasteiger partial charge in [-0.1, -0.05) is 60.7 Å². The molecule has 0 saturated heterocycles. The molecule has 3 N–H and O–H groups in total. The average Bonchev–Trinajstić information content (AvgIpc) is 3.31. The molecule has 0 radical (unpaired) electrons. The molecule has 11 nitrogen and oxygen atoms in total. The van der Waals surface area contributed by atoms with E-state index < -0.39 is 17.2 Å². The highest BCUT2D eigenvalue weighted by atomic mass is 16.2. The number of carbonyl (C=O) groups excluding carboxylic acids is 1. The minimum atomic E-state index is -0.787. The van der Waals surface area contributed by atoms with Crippen molar-refractivity contribution in [2.45, 2.75) is 26.9 Å². The molecule has 0 fully saturated rings. The number of nitrogen functional groups attached to an aromatic ring is 1. The van der Waals surface area contributed by atoms with Crippen LogP contribution in [0.2, 0.25) is 0 Å². The molecule has 0 aliphatic carbocycles. The number of carbonyl (C=O) groups is 1. The third-order valence-corrected chi connectivity index (χ3v) is 5.91. The summed E-state index contributed by atoms with van der Waals surface area (Å²) in [7, 11) is 0. The van der Waals surface area contributed by atoms with Gasteiger partial charge in [0.05, 0.1) is 13.1 Å². The zero-order valence-electron chi connectivity index (χ0n) is 20.3. The van der Waals surface area contributed by atoms with E-state index in [1.807, 2.05) is 80.6 Å². The van der Waals surface area contributed by atoms with Gasteiger partial charge in [-0.3, -0.25) is 24.0 Å². The number of hydrogen-bond donors (Lipinski definition) is 2. The summed E-state index contributed by atoms with van der Waals surface area (Å²) in [5.74, 6) is -0.697. The molecule has 0 atom stereocenters. The normalized spacial score (nSPS) is 11.1. The van der Waals surface area contributed by atoms with Crippen molar-refractivity contribution in [3.05, 3.63) is 116 Å². The van der Waals surface area contributed by atoms with Crippen LogP contribution in [0.25, 0.3) is 5.78 Å². The van der Waals surface area contributed by atoms with Crippen LogP contribution in [0.4, 0.5) is 11.5 Å². The quantitative estimate of drug-likeness (QED) is 0.366. The summed E-state index contributed by atoms with van der Waals surface area (Å²) in [5, 5.41) is 4.34. The molecule has 0 aliphatic heterocycles. The van der Waals surface area contributed by atoms with Crippen LogP contribution >= 0.6 is 0 Å². The molecule has 0 saturated carbocycles. The van der Waals surface area contributed by atoms with Crippen LogP contribution in [0, 0.1) is 13.8 Å². The van der Waals surface area contributed by atoms with Gasteiger partial charge in [-0.25, -0.2) is 14.3 Å². The zero-order chi connectivity index (χ0) is 26.1. The maximum Gasteiger partial charge on any atom is 0.330 e. The summed E-state index contributed by atoms with van der Waals surface area (Å²) in [4.78, 5) is 51.8. The van der Waals surface area contributed by atoms with E-state index in [4.69, 9.17) is 5.73 Å². The van der Waals surface area contributed by atoms with Crippen LogP contribution in [0.3, 0.4) is 0 Å². The zero-order valence-corrected chi connectivity index (χ0v) is 20.3. The van der Waals surface area contributed by atoms with Gasteiger partial charge < -0.3 is 5.73 Å². The van der Waals surface area contributed by atoms with E-state index in [2.05, 4.69) is 20.1 Å². The van der Waals surface area contributed by atoms with Crippen molar-refractivity contribution in [3.63, 3.8) is 0 Å². The van der Waals surface area contributed by atoms with Crippen LogP contribution in [-0.2, 0) is 13.1 Å². The second-order valence-corrected chi connectivity index (χ2v) is 8.63. The number of rotatable bonds is 6. The number of nitrogens with two attached hydrogens (primary N) is 1. The molecule has 11 heteroatoms. The number of nitrogens with zero attached hydrogens (tertiary/aromatic N) is 6. The molecule has 0 unspecified atom stereocenters. The van der Waals surface area contributed by atoms with E-state index in [0.717, 1.165) is 22.5 Å². The summed E-state index contributed by atoms with van der Waals surface area (Å²) >= 11 is 0. The lowest BCUT2D eigenvalue weighted by Crippen LogP contribution is -2.41. The molecule has 2 aromatic carbocycles. The average molecular weight is 497 g/mol.